The highest BCUT2D eigenvalue weighted by atomic mass is 32.2. The van der Waals surface area contributed by atoms with E-state index in [1.165, 1.54) is 10.9 Å². The Morgan fingerprint density at radius 1 is 1.18 bits per heavy atom. The molecule has 2 aliphatic heterocycles. The first-order chi connectivity index (χ1) is 16.0. The highest BCUT2D eigenvalue weighted by Crippen LogP contribution is 2.41. The molecule has 0 radical (unpaired) electrons. The van der Waals surface area contributed by atoms with E-state index in [1.54, 1.807) is 0 Å². The van der Waals surface area contributed by atoms with Crippen LogP contribution in [-0.4, -0.2) is 67.8 Å². The van der Waals surface area contributed by atoms with E-state index in [0.29, 0.717) is 12.5 Å². The topological polar surface area (TPSA) is 71.6 Å². The van der Waals surface area contributed by atoms with Crippen molar-refractivity contribution in [3.8, 4) is 0 Å². The Morgan fingerprint density at radius 2 is 1.94 bits per heavy atom. The zero-order chi connectivity index (χ0) is 22.9. The monoisotopic (exact) mass is 470 g/mol. The number of rotatable bonds is 8. The minimum atomic E-state index is -1.91. The van der Waals surface area contributed by atoms with Crippen LogP contribution in [0, 0.1) is 0 Å². The number of nitrogens with zero attached hydrogens (tertiary/aromatic N) is 2. The molecule has 3 atom stereocenters. The van der Waals surface area contributed by atoms with E-state index < -0.39 is 11.1 Å². The van der Waals surface area contributed by atoms with Gasteiger partial charge in [0.15, 0.2) is 11.1 Å². The van der Waals surface area contributed by atoms with Crippen LogP contribution in [0.2, 0.25) is 0 Å². The van der Waals surface area contributed by atoms with E-state index in [2.05, 4.69) is 69.5 Å². The number of aromatic amines is 1. The molecule has 0 bridgehead atoms. The summed E-state index contributed by atoms with van der Waals surface area (Å²) in [5.41, 5.74) is 5.68. The average Bonchev–Trinajstić information content (AvgIpc) is 3.14. The third kappa shape index (κ3) is 4.57. The van der Waals surface area contributed by atoms with Crippen LogP contribution in [0.4, 0.5) is 10.1 Å². The molecule has 8 heteroatoms. The number of hydrogen-bond acceptors (Lipinski definition) is 4. The van der Waals surface area contributed by atoms with Crippen LogP contribution in [0.15, 0.2) is 48.5 Å². The Kier molecular flexibility index (Phi) is 6.51. The van der Waals surface area contributed by atoms with Gasteiger partial charge in [0, 0.05) is 48.0 Å². The van der Waals surface area contributed by atoms with Gasteiger partial charge in [-0.2, -0.15) is 0 Å². The van der Waals surface area contributed by atoms with E-state index >= 15 is 0 Å². The van der Waals surface area contributed by atoms with Crippen LogP contribution in [-0.2, 0) is 17.5 Å². The van der Waals surface area contributed by atoms with Gasteiger partial charge in [0.05, 0.1) is 18.8 Å². The molecule has 33 heavy (non-hydrogen) atoms. The number of hydrogen-bond donors (Lipinski definition) is 3. The fourth-order valence-electron chi connectivity index (χ4n) is 5.32. The van der Waals surface area contributed by atoms with E-state index in [1.807, 2.05) is 6.07 Å². The van der Waals surface area contributed by atoms with Gasteiger partial charge in [-0.25, -0.2) is 4.21 Å². The van der Waals surface area contributed by atoms with E-state index in [-0.39, 0.29) is 24.6 Å². The fourth-order valence-corrected chi connectivity index (χ4v) is 5.98. The van der Waals surface area contributed by atoms with Crippen molar-refractivity contribution in [1.82, 2.24) is 14.8 Å². The van der Waals surface area contributed by atoms with Crippen LogP contribution in [0.5, 0.6) is 0 Å². The number of alkyl halides is 1. The van der Waals surface area contributed by atoms with Gasteiger partial charge >= 0.3 is 0 Å². The average molecular weight is 471 g/mol. The molecule has 1 unspecified atom stereocenters. The molecule has 1 saturated heterocycles. The number of likely N-dealkylation sites (tertiary alicyclic amines) is 1. The summed E-state index contributed by atoms with van der Waals surface area (Å²) in [6, 6.07) is 17.2. The largest absolute Gasteiger partial charge is 0.380 e. The first-order valence-corrected chi connectivity index (χ1v) is 12.9. The minimum Gasteiger partial charge on any atom is -0.380 e. The lowest BCUT2D eigenvalue weighted by Gasteiger charge is -2.41. The zero-order valence-corrected chi connectivity index (χ0v) is 19.7. The summed E-state index contributed by atoms with van der Waals surface area (Å²) >= 11 is -1.91. The van der Waals surface area contributed by atoms with Gasteiger partial charge in [-0.15, -0.1) is 0 Å². The van der Waals surface area contributed by atoms with Gasteiger partial charge in [0.25, 0.3) is 0 Å². The Morgan fingerprint density at radius 3 is 2.67 bits per heavy atom. The van der Waals surface area contributed by atoms with Crippen LogP contribution in [0.3, 0.4) is 0 Å². The maximum atomic E-state index is 12.3. The molecule has 0 amide bonds. The van der Waals surface area contributed by atoms with E-state index in [9.17, 15) is 13.2 Å². The number of benzene rings is 2. The predicted molar refractivity (Wildman–Crippen MR) is 132 cm³/mol. The summed E-state index contributed by atoms with van der Waals surface area (Å²) < 4.78 is 33.9. The maximum Gasteiger partial charge on any atom is 0.167 e. The second kappa shape index (κ2) is 9.54. The first kappa shape index (κ1) is 22.5. The number of aromatic nitrogens is 1. The summed E-state index contributed by atoms with van der Waals surface area (Å²) in [6.07, 6.45) is 1.44. The van der Waals surface area contributed by atoms with Crippen molar-refractivity contribution in [2.45, 2.75) is 37.9 Å². The lowest BCUT2D eigenvalue weighted by Crippen LogP contribution is -2.54. The molecule has 0 saturated carbocycles. The summed E-state index contributed by atoms with van der Waals surface area (Å²) in [6.45, 7) is 4.58. The van der Waals surface area contributed by atoms with Crippen molar-refractivity contribution in [2.24, 2.45) is 0 Å². The Bertz CT molecular complexity index is 1130. The summed E-state index contributed by atoms with van der Waals surface area (Å²) in [5.74, 6) is 0.109. The van der Waals surface area contributed by atoms with Crippen molar-refractivity contribution in [2.75, 3.05) is 37.5 Å². The molecule has 0 aliphatic carbocycles. The third-order valence-corrected chi connectivity index (χ3v) is 7.46. The lowest BCUT2D eigenvalue weighted by atomic mass is 9.89. The van der Waals surface area contributed by atoms with Crippen molar-refractivity contribution in [3.05, 3.63) is 65.4 Å². The highest BCUT2D eigenvalue weighted by molar-refractivity contribution is 7.79. The van der Waals surface area contributed by atoms with Crippen molar-refractivity contribution in [3.63, 3.8) is 0 Å². The number of halogens is 1. The number of fused-ring (bicyclic) bond motifs is 3. The molecule has 5 rings (SSSR count). The van der Waals surface area contributed by atoms with Gasteiger partial charge in [0.1, 0.15) is 5.88 Å². The molecule has 3 aromatic rings. The van der Waals surface area contributed by atoms with Gasteiger partial charge in [-0.3, -0.25) is 14.2 Å². The number of para-hydroxylation sites is 1. The Hall–Kier alpha value is -2.26. The van der Waals surface area contributed by atoms with Crippen molar-refractivity contribution >= 4 is 27.7 Å². The molecular formula is C25H31FN4O2S. The van der Waals surface area contributed by atoms with Gasteiger partial charge in [0.2, 0.25) is 0 Å². The number of nitrogens with one attached hydrogen (secondary N) is 2. The maximum absolute atomic E-state index is 12.3. The predicted octanol–water partition coefficient (Wildman–Crippen LogP) is 4.14. The molecule has 2 aliphatic rings. The molecule has 1 aromatic heterocycles. The summed E-state index contributed by atoms with van der Waals surface area (Å²) in [7, 11) is 0. The second-order valence-corrected chi connectivity index (χ2v) is 10.1. The Labute approximate surface area is 196 Å². The minimum absolute atomic E-state index is 0.109. The molecule has 1 fully saturated rings. The summed E-state index contributed by atoms with van der Waals surface area (Å²) in [4.78, 5) is 8.00. The second-order valence-electron chi connectivity index (χ2n) is 9.25. The zero-order valence-electron chi connectivity index (χ0n) is 18.8. The quantitative estimate of drug-likeness (QED) is 0.432. The fraction of sp³-hybridized carbons (Fsp3) is 0.440. The molecule has 6 nitrogen and oxygen atoms in total. The SMILES string of the molecule is C[C@@H]1Cc2c([nH]c3ccccc23)[C@H](c2ccc(NC3CN(CCCF)C3)cc2)N1CS(=O)O. The molecule has 3 N–H and O–H groups in total. The van der Waals surface area contributed by atoms with Gasteiger partial charge in [-0.1, -0.05) is 30.3 Å². The van der Waals surface area contributed by atoms with Gasteiger partial charge in [-0.05, 0) is 49.1 Å². The van der Waals surface area contributed by atoms with Crippen LogP contribution in [0.1, 0.15) is 36.2 Å². The normalized spacial score (nSPS) is 22.8. The summed E-state index contributed by atoms with van der Waals surface area (Å²) in [5, 5.41) is 4.79. The van der Waals surface area contributed by atoms with E-state index in [0.717, 1.165) is 48.5 Å². The molecule has 176 valence electrons. The van der Waals surface area contributed by atoms with Crippen molar-refractivity contribution in [1.29, 1.82) is 0 Å². The first-order valence-electron chi connectivity index (χ1n) is 11.6. The molecule has 3 heterocycles. The number of anilines is 1. The van der Waals surface area contributed by atoms with Crippen LogP contribution in [0.25, 0.3) is 10.9 Å². The number of H-pyrrole nitrogens is 1. The standard InChI is InChI=1S/C25H31FN4O2S/c1-17-13-22-21-5-2-3-6-23(21)28-24(22)25(30(17)16-33(31)32)18-7-9-19(10-8-18)27-20-14-29(15-20)12-4-11-26/h2-3,5-10,17,20,25,27-28H,4,11-16H2,1H3,(H,31,32)/t17-,25+/m1/s1. The third-order valence-electron chi connectivity index (χ3n) is 6.94. The van der Waals surface area contributed by atoms with Crippen LogP contribution < -0.4 is 5.32 Å². The van der Waals surface area contributed by atoms with Gasteiger partial charge < -0.3 is 14.9 Å². The smallest absolute Gasteiger partial charge is 0.167 e. The molecular weight excluding hydrogens is 439 g/mol. The Balaban J connectivity index is 1.39. The van der Waals surface area contributed by atoms with E-state index in [4.69, 9.17) is 0 Å². The van der Waals surface area contributed by atoms with Crippen LogP contribution >= 0.6 is 0 Å². The lowest BCUT2D eigenvalue weighted by molar-refractivity contribution is 0.155. The molecule has 2 aromatic carbocycles. The van der Waals surface area contributed by atoms with Crippen molar-refractivity contribution < 1.29 is 13.2 Å². The molecule has 0 spiro atoms. The highest BCUT2D eigenvalue weighted by Gasteiger charge is 2.36.